The maximum Gasteiger partial charge on any atom is 0.172 e. The molecule has 2 aromatic carbocycles. The molecule has 0 radical (unpaired) electrons. The molecule has 242 valence electrons. The molecule has 0 unspecified atom stereocenters. The van der Waals surface area contributed by atoms with Crippen molar-refractivity contribution in [2.75, 3.05) is 40.1 Å². The molecule has 0 aromatic heterocycles. The summed E-state index contributed by atoms with van der Waals surface area (Å²) in [5.41, 5.74) is 1.32. The minimum absolute atomic E-state index is 0.0644. The van der Waals surface area contributed by atoms with Gasteiger partial charge in [-0.15, -0.1) is 0 Å². The number of ketones is 1. The quantitative estimate of drug-likeness (QED) is 0.141. The maximum absolute atomic E-state index is 14.0. The third-order valence-electron chi connectivity index (χ3n) is 6.14. The lowest BCUT2D eigenvalue weighted by Crippen LogP contribution is -2.14. The second-order valence-electron chi connectivity index (χ2n) is 13.4. The van der Waals surface area contributed by atoms with E-state index in [4.69, 9.17) is 28.4 Å². The summed E-state index contributed by atoms with van der Waals surface area (Å²) >= 11 is 0. The molecular formula is C36H56O7. The van der Waals surface area contributed by atoms with Crippen LogP contribution in [-0.2, 0) is 6.42 Å². The lowest BCUT2D eigenvalue weighted by molar-refractivity contribution is 0.0975. The van der Waals surface area contributed by atoms with Gasteiger partial charge in [0, 0.05) is 24.1 Å². The van der Waals surface area contributed by atoms with Gasteiger partial charge in [0.15, 0.2) is 28.8 Å². The third-order valence-corrected chi connectivity index (χ3v) is 6.14. The minimum atomic E-state index is -0.0644. The predicted molar refractivity (Wildman–Crippen MR) is 174 cm³/mol. The highest BCUT2D eigenvalue weighted by Crippen LogP contribution is 2.40. The van der Waals surface area contributed by atoms with E-state index in [9.17, 15) is 4.79 Å². The smallest absolute Gasteiger partial charge is 0.172 e. The summed E-state index contributed by atoms with van der Waals surface area (Å²) in [5.74, 6) is 5.09. The maximum atomic E-state index is 14.0. The van der Waals surface area contributed by atoms with Crippen LogP contribution in [0.3, 0.4) is 0 Å². The molecule has 7 nitrogen and oxygen atoms in total. The van der Waals surface area contributed by atoms with Gasteiger partial charge in [0.2, 0.25) is 0 Å². The van der Waals surface area contributed by atoms with Crippen molar-refractivity contribution < 1.29 is 33.2 Å². The second-order valence-corrected chi connectivity index (χ2v) is 13.4. The fourth-order valence-corrected chi connectivity index (χ4v) is 4.01. The van der Waals surface area contributed by atoms with Gasteiger partial charge in [-0.05, 0) is 48.1 Å². The standard InChI is InChI=1S/C36H56O7/c1-23(2)18-39-29-14-28(35(33(16-29)38-11)42-21-26(7)8)12-13-32(37)31-15-30(40-19-24(3)4)17-34(41-20-25(5)6)36(31)43-22-27(9)10/h14-17,23-27H,12-13,18-22H2,1-11H3. The van der Waals surface area contributed by atoms with Crippen molar-refractivity contribution >= 4 is 5.78 Å². The van der Waals surface area contributed by atoms with E-state index in [1.807, 2.05) is 18.2 Å². The number of methoxy groups -OCH3 is 1. The molecule has 43 heavy (non-hydrogen) atoms. The van der Waals surface area contributed by atoms with Crippen molar-refractivity contribution in [3.63, 3.8) is 0 Å². The Morgan fingerprint density at radius 3 is 1.51 bits per heavy atom. The second kappa shape index (κ2) is 17.9. The fourth-order valence-electron chi connectivity index (χ4n) is 4.01. The molecule has 0 saturated heterocycles. The van der Waals surface area contributed by atoms with Crippen LogP contribution >= 0.6 is 0 Å². The van der Waals surface area contributed by atoms with Crippen LogP contribution in [0, 0.1) is 29.6 Å². The zero-order valence-electron chi connectivity index (χ0n) is 28.5. The summed E-state index contributed by atoms with van der Waals surface area (Å²) in [7, 11) is 1.62. The van der Waals surface area contributed by atoms with Crippen molar-refractivity contribution in [3.8, 4) is 34.5 Å². The highest BCUT2D eigenvalue weighted by Gasteiger charge is 2.23. The van der Waals surface area contributed by atoms with Gasteiger partial charge in [-0.1, -0.05) is 69.2 Å². The number of hydrogen-bond acceptors (Lipinski definition) is 7. The number of carbonyl (C=O) groups is 1. The predicted octanol–water partition coefficient (Wildman–Crippen LogP) is 8.68. The van der Waals surface area contributed by atoms with Crippen LogP contribution in [0.5, 0.6) is 34.5 Å². The van der Waals surface area contributed by atoms with Crippen molar-refractivity contribution in [1.82, 2.24) is 0 Å². The van der Waals surface area contributed by atoms with E-state index in [1.165, 1.54) is 0 Å². The van der Waals surface area contributed by atoms with Gasteiger partial charge in [-0.3, -0.25) is 4.79 Å². The normalized spacial score (nSPS) is 11.5. The topological polar surface area (TPSA) is 72.5 Å². The SMILES string of the molecule is COc1cc(OCC(C)C)cc(CCC(=O)c2cc(OCC(C)C)cc(OCC(C)C)c2OCC(C)C)c1OCC(C)C. The summed E-state index contributed by atoms with van der Waals surface area (Å²) in [6.07, 6.45) is 0.661. The molecule has 7 heteroatoms. The van der Waals surface area contributed by atoms with Gasteiger partial charge in [-0.2, -0.15) is 0 Å². The Bertz CT molecular complexity index is 1130. The Morgan fingerprint density at radius 1 is 0.558 bits per heavy atom. The molecule has 0 fully saturated rings. The van der Waals surface area contributed by atoms with Gasteiger partial charge in [0.05, 0.1) is 45.7 Å². The third kappa shape index (κ3) is 12.6. The summed E-state index contributed by atoms with van der Waals surface area (Å²) in [6.45, 7) is 23.5. The van der Waals surface area contributed by atoms with E-state index in [2.05, 4.69) is 69.2 Å². The van der Waals surface area contributed by atoms with E-state index >= 15 is 0 Å². The van der Waals surface area contributed by atoms with Gasteiger partial charge < -0.3 is 28.4 Å². The number of rotatable bonds is 20. The van der Waals surface area contributed by atoms with Crippen molar-refractivity contribution in [2.24, 2.45) is 29.6 Å². The Kier molecular flexibility index (Phi) is 15.0. The van der Waals surface area contributed by atoms with Crippen LogP contribution in [0.4, 0.5) is 0 Å². The van der Waals surface area contributed by atoms with Gasteiger partial charge in [-0.25, -0.2) is 0 Å². The molecule has 0 heterocycles. The molecule has 0 bridgehead atoms. The Balaban J connectivity index is 2.51. The van der Waals surface area contributed by atoms with Crippen LogP contribution in [0.15, 0.2) is 24.3 Å². The lowest BCUT2D eigenvalue weighted by Gasteiger charge is -2.21. The number of ether oxygens (including phenoxy) is 6. The molecule has 0 amide bonds. The van der Waals surface area contributed by atoms with Crippen molar-refractivity contribution in [3.05, 3.63) is 35.4 Å². The molecular weight excluding hydrogens is 544 g/mol. The molecule has 0 aliphatic carbocycles. The zero-order chi connectivity index (χ0) is 32.1. The van der Waals surface area contributed by atoms with Crippen LogP contribution in [0.25, 0.3) is 0 Å². The molecule has 0 N–H and O–H groups in total. The van der Waals surface area contributed by atoms with Crippen LogP contribution in [-0.4, -0.2) is 45.9 Å². The first kappa shape index (κ1) is 36.1. The summed E-state index contributed by atoms with van der Waals surface area (Å²) in [5, 5.41) is 0. The van der Waals surface area contributed by atoms with E-state index in [-0.39, 0.29) is 18.1 Å². The molecule has 0 aliphatic rings. The Hall–Kier alpha value is -3.09. The number of benzene rings is 2. The van der Waals surface area contributed by atoms with Gasteiger partial charge >= 0.3 is 0 Å². The van der Waals surface area contributed by atoms with E-state index in [0.717, 1.165) is 5.56 Å². The Labute approximate surface area is 260 Å². The van der Waals surface area contributed by atoms with E-state index in [0.29, 0.717) is 103 Å². The van der Waals surface area contributed by atoms with Crippen LogP contribution in [0.2, 0.25) is 0 Å². The molecule has 2 rings (SSSR count). The minimum Gasteiger partial charge on any atom is -0.493 e. The largest absolute Gasteiger partial charge is 0.493 e. The van der Waals surface area contributed by atoms with Gasteiger partial charge in [0.1, 0.15) is 11.5 Å². The first-order valence-electron chi connectivity index (χ1n) is 15.9. The average Bonchev–Trinajstić information content (AvgIpc) is 2.94. The molecule has 2 aromatic rings. The zero-order valence-corrected chi connectivity index (χ0v) is 28.5. The Morgan fingerprint density at radius 2 is 1.00 bits per heavy atom. The van der Waals surface area contributed by atoms with E-state index in [1.54, 1.807) is 13.2 Å². The molecule has 0 aliphatic heterocycles. The first-order valence-corrected chi connectivity index (χ1v) is 15.9. The fraction of sp³-hybridized carbons (Fsp3) is 0.639. The lowest BCUT2D eigenvalue weighted by atomic mass is 10.00. The number of hydrogen-bond donors (Lipinski definition) is 0. The number of carbonyl (C=O) groups excluding carboxylic acids is 1. The molecule has 0 saturated carbocycles. The summed E-state index contributed by atoms with van der Waals surface area (Å²) < 4.78 is 36.5. The number of aryl methyl sites for hydroxylation is 1. The highest BCUT2D eigenvalue weighted by atomic mass is 16.5. The van der Waals surface area contributed by atoms with Crippen molar-refractivity contribution in [2.45, 2.75) is 82.1 Å². The molecule has 0 atom stereocenters. The highest BCUT2D eigenvalue weighted by molar-refractivity contribution is 6.00. The van der Waals surface area contributed by atoms with Crippen molar-refractivity contribution in [1.29, 1.82) is 0 Å². The van der Waals surface area contributed by atoms with Crippen LogP contribution in [0.1, 0.15) is 91.6 Å². The summed E-state index contributed by atoms with van der Waals surface area (Å²) in [4.78, 5) is 14.0. The first-order chi connectivity index (χ1) is 20.3. The van der Waals surface area contributed by atoms with Gasteiger partial charge in [0.25, 0.3) is 0 Å². The van der Waals surface area contributed by atoms with E-state index < -0.39 is 0 Å². The average molecular weight is 601 g/mol. The molecule has 0 spiro atoms. The number of Topliss-reactive ketones (excluding diaryl/α,β-unsaturated/α-hetero) is 1. The van der Waals surface area contributed by atoms with Crippen LogP contribution < -0.4 is 28.4 Å². The monoisotopic (exact) mass is 600 g/mol. The summed E-state index contributed by atoms with van der Waals surface area (Å²) in [6, 6.07) is 7.45.